The molecule has 1 heterocycles. The van der Waals surface area contributed by atoms with Crippen molar-refractivity contribution in [2.75, 3.05) is 19.6 Å². The van der Waals surface area contributed by atoms with Crippen LogP contribution in [0.1, 0.15) is 47.3 Å². The summed E-state index contributed by atoms with van der Waals surface area (Å²) in [5, 5.41) is 3.30. The van der Waals surface area contributed by atoms with Crippen molar-refractivity contribution in [1.82, 2.24) is 10.2 Å². The maximum atomic E-state index is 13.8. The Morgan fingerprint density at radius 1 is 1.11 bits per heavy atom. The molecule has 1 saturated heterocycles. The zero-order chi connectivity index (χ0) is 20.1. The van der Waals surface area contributed by atoms with Gasteiger partial charge in [-0.1, -0.05) is 31.2 Å². The van der Waals surface area contributed by atoms with Gasteiger partial charge in [0.05, 0.1) is 11.6 Å². The predicted molar refractivity (Wildman–Crippen MR) is 103 cm³/mol. The molecule has 0 aliphatic carbocycles. The predicted octanol–water partition coefficient (Wildman–Crippen LogP) is 3.66. The molecule has 0 saturated carbocycles. The lowest BCUT2D eigenvalue weighted by atomic mass is 9.99. The molecule has 1 unspecified atom stereocenters. The second kappa shape index (κ2) is 9.06. The number of Topliss-reactive ketones (excluding diaryl/α,β-unsaturated/α-hetero) is 1. The Morgan fingerprint density at radius 2 is 1.86 bits per heavy atom. The van der Waals surface area contributed by atoms with Crippen molar-refractivity contribution in [1.29, 1.82) is 0 Å². The van der Waals surface area contributed by atoms with E-state index in [2.05, 4.69) is 24.4 Å². The number of benzene rings is 2. The summed E-state index contributed by atoms with van der Waals surface area (Å²) >= 11 is 0. The monoisotopic (exact) mass is 386 g/mol. The Hall–Kier alpha value is -2.60. The number of nitrogens with zero attached hydrogens (tertiary/aromatic N) is 1. The van der Waals surface area contributed by atoms with Crippen molar-refractivity contribution in [3.05, 3.63) is 70.8 Å². The van der Waals surface area contributed by atoms with E-state index in [9.17, 15) is 18.4 Å². The van der Waals surface area contributed by atoms with Crippen LogP contribution in [0.3, 0.4) is 0 Å². The summed E-state index contributed by atoms with van der Waals surface area (Å²) < 4.78 is 26.8. The molecule has 1 aliphatic rings. The van der Waals surface area contributed by atoms with Crippen LogP contribution in [-0.4, -0.2) is 36.2 Å². The molecule has 1 atom stereocenters. The lowest BCUT2D eigenvalue weighted by molar-refractivity contribution is -0.134. The fourth-order valence-corrected chi connectivity index (χ4v) is 3.49. The number of nitrogens with one attached hydrogen (secondary N) is 1. The summed E-state index contributed by atoms with van der Waals surface area (Å²) in [6.45, 7) is 3.99. The first-order valence-corrected chi connectivity index (χ1v) is 9.57. The molecule has 2 aromatic rings. The third kappa shape index (κ3) is 4.62. The Kier molecular flexibility index (Phi) is 6.52. The van der Waals surface area contributed by atoms with Crippen molar-refractivity contribution in [2.24, 2.45) is 0 Å². The van der Waals surface area contributed by atoms with Crippen molar-refractivity contribution >= 4 is 11.7 Å². The van der Waals surface area contributed by atoms with Gasteiger partial charge in [0.25, 0.3) is 0 Å². The number of piperazine rings is 1. The van der Waals surface area contributed by atoms with E-state index >= 15 is 0 Å². The van der Waals surface area contributed by atoms with Crippen LogP contribution in [0.25, 0.3) is 0 Å². The molecule has 148 valence electrons. The van der Waals surface area contributed by atoms with Gasteiger partial charge in [0.2, 0.25) is 5.91 Å². The molecule has 0 bridgehead atoms. The van der Waals surface area contributed by atoms with Gasteiger partial charge >= 0.3 is 0 Å². The van der Waals surface area contributed by atoms with Gasteiger partial charge in [0.15, 0.2) is 5.78 Å². The number of halogens is 2. The van der Waals surface area contributed by atoms with Gasteiger partial charge in [-0.15, -0.1) is 0 Å². The molecular formula is C22H24F2N2O2. The number of carbonyl (C=O) groups excluding carboxylic acids is 2. The van der Waals surface area contributed by atoms with Crippen molar-refractivity contribution in [3.8, 4) is 0 Å². The lowest BCUT2D eigenvalue weighted by Gasteiger charge is -2.36. The number of rotatable bonds is 6. The van der Waals surface area contributed by atoms with Gasteiger partial charge in [-0.2, -0.15) is 0 Å². The molecule has 6 heteroatoms. The van der Waals surface area contributed by atoms with Gasteiger partial charge in [0, 0.05) is 38.5 Å². The first-order valence-electron chi connectivity index (χ1n) is 9.57. The van der Waals surface area contributed by atoms with E-state index in [4.69, 9.17) is 0 Å². The number of carbonyl (C=O) groups is 2. The van der Waals surface area contributed by atoms with E-state index in [-0.39, 0.29) is 30.4 Å². The normalized spacial score (nSPS) is 16.8. The third-order valence-electron chi connectivity index (χ3n) is 5.13. The summed E-state index contributed by atoms with van der Waals surface area (Å²) in [6.07, 6.45) is 0.847. The number of aryl methyl sites for hydroxylation is 1. The highest BCUT2D eigenvalue weighted by atomic mass is 19.1. The molecule has 3 rings (SSSR count). The molecule has 4 nitrogen and oxygen atoms in total. The number of amides is 1. The molecule has 2 aromatic carbocycles. The molecule has 28 heavy (non-hydrogen) atoms. The van der Waals surface area contributed by atoms with Crippen LogP contribution >= 0.6 is 0 Å². The summed E-state index contributed by atoms with van der Waals surface area (Å²) in [5.41, 5.74) is 2.10. The van der Waals surface area contributed by atoms with Crippen molar-refractivity contribution in [3.63, 3.8) is 0 Å². The van der Waals surface area contributed by atoms with Crippen LogP contribution in [0.5, 0.6) is 0 Å². The molecule has 1 N–H and O–H groups in total. The topological polar surface area (TPSA) is 49.4 Å². The number of hydrogen-bond donors (Lipinski definition) is 1. The zero-order valence-corrected chi connectivity index (χ0v) is 15.9. The third-order valence-corrected chi connectivity index (χ3v) is 5.13. The Labute approximate surface area is 163 Å². The molecule has 0 spiro atoms. The highest BCUT2D eigenvalue weighted by Crippen LogP contribution is 2.24. The SMILES string of the molecule is CCc1ccc(C2CNCCN2C(=O)CCC(=O)c2ccc(F)cc2F)cc1. The van der Waals surface area contributed by atoms with E-state index in [1.807, 2.05) is 12.1 Å². The fourth-order valence-electron chi connectivity index (χ4n) is 3.49. The molecule has 0 radical (unpaired) electrons. The summed E-state index contributed by atoms with van der Waals surface area (Å²) in [5.74, 6) is -2.26. The highest BCUT2D eigenvalue weighted by Gasteiger charge is 2.28. The second-order valence-electron chi connectivity index (χ2n) is 6.95. The van der Waals surface area contributed by atoms with Crippen molar-refractivity contribution in [2.45, 2.75) is 32.2 Å². The Morgan fingerprint density at radius 3 is 2.54 bits per heavy atom. The first kappa shape index (κ1) is 20.1. The highest BCUT2D eigenvalue weighted by molar-refractivity contribution is 5.98. The molecule has 1 amide bonds. The van der Waals surface area contributed by atoms with Crippen LogP contribution in [0, 0.1) is 11.6 Å². The Balaban J connectivity index is 1.66. The van der Waals surface area contributed by atoms with E-state index in [0.717, 1.165) is 24.1 Å². The lowest BCUT2D eigenvalue weighted by Crippen LogP contribution is -2.48. The zero-order valence-electron chi connectivity index (χ0n) is 15.9. The fraction of sp³-hybridized carbons (Fsp3) is 0.364. The number of hydrogen-bond acceptors (Lipinski definition) is 3. The van der Waals surface area contributed by atoms with Crippen LogP contribution in [0.4, 0.5) is 8.78 Å². The average Bonchev–Trinajstić information content (AvgIpc) is 2.72. The van der Waals surface area contributed by atoms with Gasteiger partial charge in [-0.05, 0) is 29.7 Å². The number of ketones is 1. The molecular weight excluding hydrogens is 362 g/mol. The molecule has 0 aromatic heterocycles. The minimum Gasteiger partial charge on any atom is -0.333 e. The average molecular weight is 386 g/mol. The van der Waals surface area contributed by atoms with E-state index in [1.165, 1.54) is 5.56 Å². The summed E-state index contributed by atoms with van der Waals surface area (Å²) in [4.78, 5) is 26.8. The van der Waals surface area contributed by atoms with Gasteiger partial charge in [0.1, 0.15) is 11.6 Å². The minimum atomic E-state index is -0.895. The first-order chi connectivity index (χ1) is 13.5. The maximum Gasteiger partial charge on any atom is 0.223 e. The minimum absolute atomic E-state index is 0.000800. The maximum absolute atomic E-state index is 13.8. The van der Waals surface area contributed by atoms with Crippen LogP contribution in [0.2, 0.25) is 0 Å². The smallest absolute Gasteiger partial charge is 0.223 e. The largest absolute Gasteiger partial charge is 0.333 e. The summed E-state index contributed by atoms with van der Waals surface area (Å²) in [6, 6.07) is 11.0. The van der Waals surface area contributed by atoms with E-state index < -0.39 is 17.4 Å². The van der Waals surface area contributed by atoms with Gasteiger partial charge in [-0.25, -0.2) is 8.78 Å². The Bertz CT molecular complexity index is 852. The molecule has 1 aliphatic heterocycles. The van der Waals surface area contributed by atoms with Gasteiger partial charge in [-0.3, -0.25) is 9.59 Å². The van der Waals surface area contributed by atoms with Crippen LogP contribution < -0.4 is 5.32 Å². The van der Waals surface area contributed by atoms with Crippen LogP contribution in [-0.2, 0) is 11.2 Å². The molecule has 1 fully saturated rings. The standard InChI is InChI=1S/C22H24F2N2O2/c1-2-15-3-5-16(6-4-15)20-14-25-11-12-26(20)22(28)10-9-21(27)18-8-7-17(23)13-19(18)24/h3-8,13,20,25H,2,9-12,14H2,1H3. The van der Waals surface area contributed by atoms with Crippen LogP contribution in [0.15, 0.2) is 42.5 Å². The van der Waals surface area contributed by atoms with E-state index in [0.29, 0.717) is 25.7 Å². The second-order valence-corrected chi connectivity index (χ2v) is 6.95. The van der Waals surface area contributed by atoms with E-state index in [1.54, 1.807) is 4.90 Å². The van der Waals surface area contributed by atoms with Crippen molar-refractivity contribution < 1.29 is 18.4 Å². The van der Waals surface area contributed by atoms with Gasteiger partial charge < -0.3 is 10.2 Å². The quantitative estimate of drug-likeness (QED) is 0.771. The summed E-state index contributed by atoms with van der Waals surface area (Å²) in [7, 11) is 0.